The molecule has 9 heteroatoms. The molecule has 2 N–H and O–H groups in total. The molecular weight excluding hydrogens is 380 g/mol. The second-order valence-corrected chi connectivity index (χ2v) is 7.96. The van der Waals surface area contributed by atoms with Gasteiger partial charge in [0.1, 0.15) is 0 Å². The molecule has 7 nitrogen and oxygen atoms in total. The van der Waals surface area contributed by atoms with Crippen LogP contribution in [0.15, 0.2) is 42.5 Å². The first-order valence-electron chi connectivity index (χ1n) is 7.39. The maximum atomic E-state index is 12.1. The monoisotopic (exact) mass is 396 g/mol. The number of hydrogen-bond donors (Lipinski definition) is 1. The van der Waals surface area contributed by atoms with Gasteiger partial charge in [-0.2, -0.15) is 0 Å². The number of sulfonamides is 1. The summed E-state index contributed by atoms with van der Waals surface area (Å²) < 4.78 is 29.1. The Balaban J connectivity index is 2.03. The lowest BCUT2D eigenvalue weighted by Gasteiger charge is -2.16. The average Bonchev–Trinajstić information content (AvgIpc) is 2.58. The van der Waals surface area contributed by atoms with Crippen molar-refractivity contribution in [1.82, 2.24) is 0 Å². The number of nitrogen functional groups attached to an aromatic ring is 1. The zero-order chi connectivity index (χ0) is 19.5. The van der Waals surface area contributed by atoms with Crippen LogP contribution in [-0.2, 0) is 14.8 Å². The second-order valence-electron chi connectivity index (χ2n) is 5.51. The molecule has 2 rings (SSSR count). The van der Waals surface area contributed by atoms with Crippen LogP contribution in [0.2, 0.25) is 5.02 Å². The van der Waals surface area contributed by atoms with Gasteiger partial charge >= 0.3 is 5.97 Å². The lowest BCUT2D eigenvalue weighted by atomic mass is 10.1. The van der Waals surface area contributed by atoms with Crippen LogP contribution in [0, 0.1) is 0 Å². The highest BCUT2D eigenvalue weighted by molar-refractivity contribution is 7.92. The first-order chi connectivity index (χ1) is 12.1. The minimum absolute atomic E-state index is 0.118. The Hall–Kier alpha value is -2.58. The Morgan fingerprint density at radius 1 is 1.15 bits per heavy atom. The number of ether oxygens (including phenoxy) is 1. The number of esters is 1. The molecule has 0 heterocycles. The van der Waals surface area contributed by atoms with Crippen LogP contribution in [0.5, 0.6) is 0 Å². The van der Waals surface area contributed by atoms with Gasteiger partial charge in [-0.15, -0.1) is 0 Å². The number of rotatable bonds is 6. The number of nitrogens with two attached hydrogens (primary N) is 1. The predicted octanol–water partition coefficient (Wildman–Crippen LogP) is 2.36. The summed E-state index contributed by atoms with van der Waals surface area (Å²) in [6.07, 6.45) is 1.08. The minimum Gasteiger partial charge on any atom is -0.454 e. The molecule has 0 radical (unpaired) electrons. The Morgan fingerprint density at radius 2 is 1.77 bits per heavy atom. The fourth-order valence-corrected chi connectivity index (χ4v) is 2.75. The molecule has 0 amide bonds. The fourth-order valence-electron chi connectivity index (χ4n) is 2.06. The van der Waals surface area contributed by atoms with E-state index in [-0.39, 0.29) is 16.8 Å². The van der Waals surface area contributed by atoms with Crippen molar-refractivity contribution in [3.8, 4) is 0 Å². The topological polar surface area (TPSA) is 107 Å². The van der Waals surface area contributed by atoms with Crippen molar-refractivity contribution in [1.29, 1.82) is 0 Å². The first kappa shape index (κ1) is 19.7. The van der Waals surface area contributed by atoms with Gasteiger partial charge < -0.3 is 10.5 Å². The minimum atomic E-state index is -3.39. The lowest BCUT2D eigenvalue weighted by molar-refractivity contribution is 0.0476. The Morgan fingerprint density at radius 3 is 2.31 bits per heavy atom. The Kier molecular flexibility index (Phi) is 5.89. The van der Waals surface area contributed by atoms with Crippen molar-refractivity contribution in [3.05, 3.63) is 58.6 Å². The number of carbonyl (C=O) groups excluding carboxylic acids is 2. The van der Waals surface area contributed by atoms with Crippen molar-refractivity contribution >= 4 is 44.8 Å². The van der Waals surface area contributed by atoms with Gasteiger partial charge in [0.05, 0.1) is 17.5 Å². The zero-order valence-corrected chi connectivity index (χ0v) is 15.7. The van der Waals surface area contributed by atoms with Crippen molar-refractivity contribution in [2.24, 2.45) is 0 Å². The van der Waals surface area contributed by atoms with E-state index in [1.807, 2.05) is 0 Å². The maximum Gasteiger partial charge on any atom is 0.340 e. The van der Waals surface area contributed by atoms with Gasteiger partial charge in [0.25, 0.3) is 0 Å². The van der Waals surface area contributed by atoms with Crippen molar-refractivity contribution in [2.45, 2.75) is 0 Å². The van der Waals surface area contributed by atoms with E-state index in [0.717, 1.165) is 10.6 Å². The summed E-state index contributed by atoms with van der Waals surface area (Å²) in [5.41, 5.74) is 6.67. The van der Waals surface area contributed by atoms with Crippen LogP contribution in [0.25, 0.3) is 0 Å². The third-order valence-corrected chi connectivity index (χ3v) is 5.06. The van der Waals surface area contributed by atoms with Crippen LogP contribution in [-0.4, -0.2) is 40.1 Å². The number of ketones is 1. The molecule has 0 aliphatic carbocycles. The standard InChI is InChI=1S/C17H17ClN2O5S/c1-20(26(2,23)24)13-6-3-11(4-7-13)16(21)10-25-17(22)14-8-5-12(18)9-15(14)19/h3-9H,10,19H2,1-2H3. The Bertz CT molecular complexity index is 942. The van der Waals surface area contributed by atoms with E-state index in [1.54, 1.807) is 0 Å². The summed E-state index contributed by atoms with van der Waals surface area (Å²) >= 11 is 5.76. The molecule has 0 aliphatic rings. The molecule has 2 aromatic rings. The summed E-state index contributed by atoms with van der Waals surface area (Å²) in [4.78, 5) is 24.1. The largest absolute Gasteiger partial charge is 0.454 e. The summed E-state index contributed by atoms with van der Waals surface area (Å²) in [6.45, 7) is -0.470. The van der Waals surface area contributed by atoms with E-state index in [0.29, 0.717) is 10.7 Å². The molecule has 138 valence electrons. The third-order valence-electron chi connectivity index (χ3n) is 3.62. The molecule has 0 atom stereocenters. The van der Waals surface area contributed by atoms with Crippen LogP contribution in [0.4, 0.5) is 11.4 Å². The molecular formula is C17H17ClN2O5S. The van der Waals surface area contributed by atoms with E-state index < -0.39 is 28.4 Å². The summed E-state index contributed by atoms with van der Waals surface area (Å²) in [7, 11) is -1.98. The summed E-state index contributed by atoms with van der Waals surface area (Å²) in [5, 5.41) is 0.384. The smallest absolute Gasteiger partial charge is 0.340 e. The molecule has 0 fully saturated rings. The Labute approximate surface area is 156 Å². The van der Waals surface area contributed by atoms with E-state index in [9.17, 15) is 18.0 Å². The van der Waals surface area contributed by atoms with Crippen LogP contribution in [0.1, 0.15) is 20.7 Å². The lowest BCUT2D eigenvalue weighted by Crippen LogP contribution is -2.24. The van der Waals surface area contributed by atoms with Crippen LogP contribution in [0.3, 0.4) is 0 Å². The number of anilines is 2. The number of carbonyl (C=O) groups is 2. The van der Waals surface area contributed by atoms with Crippen LogP contribution < -0.4 is 10.0 Å². The molecule has 26 heavy (non-hydrogen) atoms. The average molecular weight is 397 g/mol. The number of Topliss-reactive ketones (excluding diaryl/α,β-unsaturated/α-hetero) is 1. The van der Waals surface area contributed by atoms with E-state index in [1.165, 1.54) is 49.5 Å². The molecule has 2 aromatic carbocycles. The van der Waals surface area contributed by atoms with Gasteiger partial charge in [-0.25, -0.2) is 13.2 Å². The number of benzene rings is 2. The van der Waals surface area contributed by atoms with Gasteiger partial charge in [-0.1, -0.05) is 11.6 Å². The van der Waals surface area contributed by atoms with Gasteiger partial charge in [0.2, 0.25) is 10.0 Å². The van der Waals surface area contributed by atoms with E-state index in [4.69, 9.17) is 22.1 Å². The highest BCUT2D eigenvalue weighted by Gasteiger charge is 2.16. The quantitative estimate of drug-likeness (QED) is 0.456. The van der Waals surface area contributed by atoms with Crippen molar-refractivity contribution in [2.75, 3.05) is 29.9 Å². The van der Waals surface area contributed by atoms with Crippen molar-refractivity contribution in [3.63, 3.8) is 0 Å². The van der Waals surface area contributed by atoms with Crippen molar-refractivity contribution < 1.29 is 22.7 Å². The van der Waals surface area contributed by atoms with Crippen LogP contribution >= 0.6 is 11.6 Å². The molecule has 0 aromatic heterocycles. The molecule has 0 saturated carbocycles. The normalized spacial score (nSPS) is 11.0. The predicted molar refractivity (Wildman–Crippen MR) is 100 cm³/mol. The zero-order valence-electron chi connectivity index (χ0n) is 14.1. The van der Waals surface area contributed by atoms with Gasteiger partial charge in [0, 0.05) is 23.3 Å². The summed E-state index contributed by atoms with van der Waals surface area (Å²) in [6, 6.07) is 10.2. The highest BCUT2D eigenvalue weighted by Crippen LogP contribution is 2.19. The van der Waals surface area contributed by atoms with E-state index >= 15 is 0 Å². The first-order valence-corrected chi connectivity index (χ1v) is 9.61. The summed E-state index contributed by atoms with van der Waals surface area (Å²) in [5.74, 6) is -1.17. The molecule has 0 saturated heterocycles. The molecule has 0 unspecified atom stereocenters. The van der Waals surface area contributed by atoms with Gasteiger partial charge in [-0.3, -0.25) is 9.10 Å². The number of nitrogens with zero attached hydrogens (tertiary/aromatic N) is 1. The maximum absolute atomic E-state index is 12.1. The van der Waals surface area contributed by atoms with E-state index in [2.05, 4.69) is 0 Å². The SMILES string of the molecule is CN(c1ccc(C(=O)COC(=O)c2ccc(Cl)cc2N)cc1)S(C)(=O)=O. The second kappa shape index (κ2) is 7.76. The number of halogens is 1. The van der Waals surface area contributed by atoms with Gasteiger partial charge in [-0.05, 0) is 42.5 Å². The molecule has 0 spiro atoms. The fraction of sp³-hybridized carbons (Fsp3) is 0.176. The molecule has 0 aliphatic heterocycles. The third kappa shape index (κ3) is 4.74. The highest BCUT2D eigenvalue weighted by atomic mass is 35.5. The molecule has 0 bridgehead atoms. The number of hydrogen-bond acceptors (Lipinski definition) is 6. The van der Waals surface area contributed by atoms with Gasteiger partial charge in [0.15, 0.2) is 12.4 Å².